The van der Waals surface area contributed by atoms with E-state index in [2.05, 4.69) is 20.3 Å². The predicted molar refractivity (Wildman–Crippen MR) is 141 cm³/mol. The number of alkyl halides is 2. The molecule has 0 spiro atoms. The van der Waals surface area contributed by atoms with Crippen LogP contribution in [0.3, 0.4) is 0 Å². The number of anilines is 1. The van der Waals surface area contributed by atoms with Gasteiger partial charge in [-0.05, 0) is 45.1 Å². The largest absolute Gasteiger partial charge is 0.481 e. The molecule has 2 fully saturated rings. The van der Waals surface area contributed by atoms with Crippen molar-refractivity contribution in [1.82, 2.24) is 15.0 Å². The van der Waals surface area contributed by atoms with Crippen molar-refractivity contribution in [2.24, 2.45) is 5.92 Å². The molecule has 3 aromatic rings. The van der Waals surface area contributed by atoms with Crippen molar-refractivity contribution in [2.75, 3.05) is 37.1 Å². The summed E-state index contributed by atoms with van der Waals surface area (Å²) in [5, 5.41) is 3.72. The molecule has 0 radical (unpaired) electrons. The molecule has 1 aromatic carbocycles. The number of hydrogen-bond donors (Lipinski definition) is 1. The van der Waals surface area contributed by atoms with Gasteiger partial charge in [0, 0.05) is 17.7 Å². The fraction of sp³-hybridized carbons (Fsp3) is 0.519. The van der Waals surface area contributed by atoms with E-state index >= 15 is 13.2 Å². The second kappa shape index (κ2) is 10.5. The van der Waals surface area contributed by atoms with Gasteiger partial charge in [-0.25, -0.2) is 31.6 Å². The van der Waals surface area contributed by atoms with E-state index < -0.39 is 39.1 Å². The lowest BCUT2D eigenvalue weighted by molar-refractivity contribution is -0.0691. The van der Waals surface area contributed by atoms with Crippen LogP contribution in [0.5, 0.6) is 5.88 Å². The molecule has 0 aliphatic carbocycles. The second-order valence-electron chi connectivity index (χ2n) is 10.3. The summed E-state index contributed by atoms with van der Waals surface area (Å²) in [6, 6.07) is 5.15. The number of nitrogens with zero attached hydrogens (tertiary/aromatic N) is 3. The number of ether oxygens (including phenoxy) is 2. The highest BCUT2D eigenvalue weighted by atomic mass is 32.2. The van der Waals surface area contributed by atoms with E-state index in [1.54, 1.807) is 13.8 Å². The smallest absolute Gasteiger partial charge is 0.281 e. The molecule has 0 saturated carbocycles. The number of aryl methyl sites for hydroxylation is 1. The Kier molecular flexibility index (Phi) is 7.45. The van der Waals surface area contributed by atoms with E-state index in [1.807, 2.05) is 6.07 Å². The number of nitrogens with one attached hydrogen (secondary N) is 1. The molecule has 1 N–H and O–H groups in total. The second-order valence-corrected chi connectivity index (χ2v) is 12.6. The zero-order valence-corrected chi connectivity index (χ0v) is 22.8. The van der Waals surface area contributed by atoms with E-state index in [0.717, 1.165) is 11.6 Å². The first-order valence-corrected chi connectivity index (χ1v) is 14.8. The number of benzene rings is 1. The van der Waals surface area contributed by atoms with Gasteiger partial charge in [-0.15, -0.1) is 0 Å². The van der Waals surface area contributed by atoms with Crippen molar-refractivity contribution in [2.45, 2.75) is 51.0 Å². The molecule has 8 nitrogen and oxygen atoms in total. The maximum Gasteiger partial charge on any atom is 0.281 e. The molecule has 12 heteroatoms. The Morgan fingerprint density at radius 1 is 1.15 bits per heavy atom. The summed E-state index contributed by atoms with van der Waals surface area (Å²) in [4.78, 5) is 13.5. The molecule has 2 aliphatic heterocycles. The summed E-state index contributed by atoms with van der Waals surface area (Å²) in [6.45, 7) is 3.49. The number of halogens is 3. The maximum atomic E-state index is 15.6. The molecule has 2 aliphatic rings. The van der Waals surface area contributed by atoms with E-state index in [1.165, 1.54) is 19.2 Å². The van der Waals surface area contributed by atoms with Crippen LogP contribution in [0.15, 0.2) is 24.3 Å². The minimum absolute atomic E-state index is 0.0784. The van der Waals surface area contributed by atoms with Crippen LogP contribution < -0.4 is 10.1 Å². The molecule has 2 unspecified atom stereocenters. The Balaban J connectivity index is 1.50. The predicted octanol–water partition coefficient (Wildman–Crippen LogP) is 5.07. The van der Waals surface area contributed by atoms with Gasteiger partial charge in [0.05, 0.1) is 48.1 Å². The van der Waals surface area contributed by atoms with E-state index in [4.69, 9.17) is 9.47 Å². The van der Waals surface area contributed by atoms with Crippen LogP contribution in [-0.2, 0) is 20.5 Å². The van der Waals surface area contributed by atoms with E-state index in [9.17, 15) is 8.42 Å². The Morgan fingerprint density at radius 2 is 1.90 bits per heavy atom. The summed E-state index contributed by atoms with van der Waals surface area (Å²) in [6.07, 6.45) is 1.05. The number of sulfone groups is 1. The SMILES string of the molecule is COc1nc2nc(C)nc(NC(C)c3cccc(C(F)(F)C4CCOC4)c3F)c2cc1C1CCS(=O)(=O)CC1. The summed E-state index contributed by atoms with van der Waals surface area (Å²) < 4.78 is 80.5. The van der Waals surface area contributed by atoms with Gasteiger partial charge >= 0.3 is 0 Å². The van der Waals surface area contributed by atoms with Crippen molar-refractivity contribution in [1.29, 1.82) is 0 Å². The first kappa shape index (κ1) is 27.6. The number of rotatable bonds is 7. The highest BCUT2D eigenvalue weighted by Gasteiger charge is 2.45. The van der Waals surface area contributed by atoms with E-state index in [0.29, 0.717) is 41.4 Å². The average Bonchev–Trinajstić information content (AvgIpc) is 3.44. The van der Waals surface area contributed by atoms with Crippen molar-refractivity contribution in [3.8, 4) is 5.88 Å². The molecular weight excluding hydrogens is 533 g/mol. The number of methoxy groups -OCH3 is 1. The maximum absolute atomic E-state index is 15.6. The van der Waals surface area contributed by atoms with Crippen molar-refractivity contribution < 1.29 is 31.1 Å². The summed E-state index contributed by atoms with van der Waals surface area (Å²) in [5.41, 5.74) is 0.529. The van der Waals surface area contributed by atoms with Gasteiger partial charge < -0.3 is 14.8 Å². The monoisotopic (exact) mass is 564 g/mol. The summed E-state index contributed by atoms with van der Waals surface area (Å²) in [5.74, 6) is -4.18. The molecule has 0 amide bonds. The number of fused-ring (bicyclic) bond motifs is 1. The minimum Gasteiger partial charge on any atom is -0.481 e. The van der Waals surface area contributed by atoms with Crippen LogP contribution in [0.4, 0.5) is 19.0 Å². The molecular formula is C27H31F3N4O4S. The van der Waals surface area contributed by atoms with Crippen molar-refractivity contribution in [3.63, 3.8) is 0 Å². The molecule has 210 valence electrons. The Bertz CT molecular complexity index is 1480. The molecule has 4 heterocycles. The third kappa shape index (κ3) is 5.41. The van der Waals surface area contributed by atoms with Crippen LogP contribution in [0.1, 0.15) is 60.7 Å². The first-order chi connectivity index (χ1) is 18.5. The lowest BCUT2D eigenvalue weighted by Gasteiger charge is -2.25. The summed E-state index contributed by atoms with van der Waals surface area (Å²) in [7, 11) is -1.57. The molecule has 5 rings (SSSR count). The molecule has 2 atom stereocenters. The summed E-state index contributed by atoms with van der Waals surface area (Å²) >= 11 is 0. The van der Waals surface area contributed by atoms with Gasteiger partial charge in [0.25, 0.3) is 5.92 Å². The van der Waals surface area contributed by atoms with E-state index in [-0.39, 0.29) is 42.6 Å². The standard InChI is InChI=1S/C27H31F3N4O4S/c1-15(19-5-4-6-22(23(19)28)27(29,30)18-7-10-38-14-18)31-24-21-13-20(17-8-11-39(35,36)12-9-17)26(37-3)34-25(21)33-16(2)32-24/h4-6,13,15,17-18H,7-12,14H2,1-3H3,(H,31,32,33,34). The van der Waals surface area contributed by atoms with Gasteiger partial charge in [-0.2, -0.15) is 4.98 Å². The first-order valence-electron chi connectivity index (χ1n) is 12.9. The number of hydrogen-bond acceptors (Lipinski definition) is 8. The van der Waals surface area contributed by atoms with Gasteiger partial charge in [0.2, 0.25) is 5.88 Å². The van der Waals surface area contributed by atoms with Crippen LogP contribution in [-0.4, -0.2) is 55.2 Å². The van der Waals surface area contributed by atoms with Crippen molar-refractivity contribution in [3.05, 3.63) is 52.6 Å². The Hall–Kier alpha value is -2.99. The normalized spacial score (nSPS) is 20.7. The van der Waals surface area contributed by atoms with Gasteiger partial charge in [-0.1, -0.05) is 18.2 Å². The lowest BCUT2D eigenvalue weighted by atomic mass is 9.91. The van der Waals surface area contributed by atoms with Crippen LogP contribution >= 0.6 is 0 Å². The molecule has 0 bridgehead atoms. The van der Waals surface area contributed by atoms with Crippen LogP contribution in [0.25, 0.3) is 11.0 Å². The average molecular weight is 565 g/mol. The third-order valence-electron chi connectivity index (χ3n) is 7.63. The number of aromatic nitrogens is 3. The van der Waals surface area contributed by atoms with Gasteiger partial charge in [0.1, 0.15) is 27.3 Å². The van der Waals surface area contributed by atoms with Crippen LogP contribution in [0, 0.1) is 18.7 Å². The van der Waals surface area contributed by atoms with Gasteiger partial charge in [-0.3, -0.25) is 0 Å². The third-order valence-corrected chi connectivity index (χ3v) is 9.34. The molecule has 2 saturated heterocycles. The fourth-order valence-electron chi connectivity index (χ4n) is 5.39. The molecule has 39 heavy (non-hydrogen) atoms. The fourth-order valence-corrected chi connectivity index (χ4v) is 6.89. The van der Waals surface area contributed by atoms with Crippen LogP contribution in [0.2, 0.25) is 0 Å². The molecule has 2 aromatic heterocycles. The van der Waals surface area contributed by atoms with Gasteiger partial charge in [0.15, 0.2) is 5.65 Å². The topological polar surface area (TPSA) is 103 Å². The zero-order valence-electron chi connectivity index (χ0n) is 22.0. The zero-order chi connectivity index (χ0) is 27.9. The Morgan fingerprint density at radius 3 is 2.56 bits per heavy atom. The highest BCUT2D eigenvalue weighted by Crippen LogP contribution is 2.43. The lowest BCUT2D eigenvalue weighted by Crippen LogP contribution is -2.28. The highest BCUT2D eigenvalue weighted by molar-refractivity contribution is 7.91. The Labute approximate surface area is 225 Å². The minimum atomic E-state index is -3.36. The van der Waals surface area contributed by atoms with Crippen molar-refractivity contribution >= 4 is 26.7 Å². The number of pyridine rings is 1. The quantitative estimate of drug-likeness (QED) is 0.424.